The Balaban J connectivity index is 1.96. The lowest BCUT2D eigenvalue weighted by Crippen LogP contribution is -2.05. The molecule has 0 bridgehead atoms. The Kier molecular flexibility index (Phi) is 6.10. The molecule has 2 aromatic carbocycles. The molecule has 0 saturated carbocycles. The predicted octanol–water partition coefficient (Wildman–Crippen LogP) is 4.29. The van der Waals surface area contributed by atoms with Crippen LogP contribution in [0.15, 0.2) is 47.6 Å². The number of aromatic nitrogens is 3. The first-order valence-corrected chi connectivity index (χ1v) is 9.13. The van der Waals surface area contributed by atoms with E-state index in [1.54, 1.807) is 31.2 Å². The fourth-order valence-electron chi connectivity index (χ4n) is 2.61. The highest BCUT2D eigenvalue weighted by Gasteiger charge is 2.10. The van der Waals surface area contributed by atoms with E-state index in [0.29, 0.717) is 22.1 Å². The van der Waals surface area contributed by atoms with E-state index < -0.39 is 0 Å². The molecule has 0 aliphatic heterocycles. The number of hydrogen-bond acceptors (Lipinski definition) is 6. The van der Waals surface area contributed by atoms with Crippen LogP contribution in [0.1, 0.15) is 19.4 Å². The second kappa shape index (κ2) is 8.71. The monoisotopic (exact) mass is 398 g/mol. The van der Waals surface area contributed by atoms with Crippen molar-refractivity contribution < 1.29 is 14.2 Å². The molecule has 28 heavy (non-hydrogen) atoms. The van der Waals surface area contributed by atoms with Crippen LogP contribution < -0.4 is 14.2 Å². The van der Waals surface area contributed by atoms with E-state index in [1.807, 2.05) is 50.2 Å². The van der Waals surface area contributed by atoms with Gasteiger partial charge in [0.15, 0.2) is 5.82 Å². The van der Waals surface area contributed by atoms with Crippen molar-refractivity contribution in [1.29, 1.82) is 0 Å². The number of rotatable bonds is 7. The van der Waals surface area contributed by atoms with Gasteiger partial charge in [-0.15, -0.1) is 0 Å². The van der Waals surface area contributed by atoms with Gasteiger partial charge in [0.2, 0.25) is 4.77 Å². The highest BCUT2D eigenvalue weighted by Crippen LogP contribution is 2.25. The van der Waals surface area contributed by atoms with Crippen LogP contribution in [0.3, 0.4) is 0 Å². The number of H-pyrrole nitrogens is 1. The van der Waals surface area contributed by atoms with Crippen LogP contribution >= 0.6 is 12.2 Å². The Morgan fingerprint density at radius 1 is 1.11 bits per heavy atom. The molecule has 0 amide bonds. The van der Waals surface area contributed by atoms with Gasteiger partial charge in [-0.25, -0.2) is 5.10 Å². The third-order valence-electron chi connectivity index (χ3n) is 3.87. The van der Waals surface area contributed by atoms with E-state index in [-0.39, 0.29) is 6.10 Å². The molecule has 7 nitrogen and oxygen atoms in total. The molecule has 1 N–H and O–H groups in total. The normalized spacial score (nSPS) is 11.2. The Morgan fingerprint density at radius 2 is 1.93 bits per heavy atom. The first-order chi connectivity index (χ1) is 13.5. The zero-order valence-electron chi connectivity index (χ0n) is 16.2. The maximum atomic E-state index is 5.76. The fourth-order valence-corrected chi connectivity index (χ4v) is 2.79. The summed E-state index contributed by atoms with van der Waals surface area (Å²) in [6.07, 6.45) is 1.75. The number of hydrogen-bond donors (Lipinski definition) is 1. The van der Waals surface area contributed by atoms with E-state index in [4.69, 9.17) is 26.4 Å². The van der Waals surface area contributed by atoms with Crippen molar-refractivity contribution in [3.05, 3.63) is 52.8 Å². The summed E-state index contributed by atoms with van der Waals surface area (Å²) in [6.45, 7) is 3.96. The first-order valence-electron chi connectivity index (χ1n) is 8.72. The average molecular weight is 398 g/mol. The largest absolute Gasteiger partial charge is 0.497 e. The zero-order chi connectivity index (χ0) is 20.1. The fraction of sp³-hybridized carbons (Fsp3) is 0.250. The van der Waals surface area contributed by atoms with Crippen LogP contribution in [0.5, 0.6) is 17.2 Å². The minimum Gasteiger partial charge on any atom is -0.497 e. The molecule has 8 heteroatoms. The molecule has 0 fully saturated rings. The van der Waals surface area contributed by atoms with Crippen molar-refractivity contribution in [3.63, 3.8) is 0 Å². The Labute approximate surface area is 168 Å². The molecule has 3 aromatic rings. The van der Waals surface area contributed by atoms with Crippen LogP contribution in [0.25, 0.3) is 11.4 Å². The van der Waals surface area contributed by atoms with Gasteiger partial charge in [-0.1, -0.05) is 12.1 Å². The highest BCUT2D eigenvalue weighted by molar-refractivity contribution is 7.71. The molecule has 3 rings (SSSR count). The quantitative estimate of drug-likeness (QED) is 0.475. The van der Waals surface area contributed by atoms with Crippen molar-refractivity contribution in [3.8, 4) is 28.6 Å². The first kappa shape index (κ1) is 19.6. The summed E-state index contributed by atoms with van der Waals surface area (Å²) in [5.41, 5.74) is 1.62. The zero-order valence-corrected chi connectivity index (χ0v) is 17.0. The Hall–Kier alpha value is -3.13. The van der Waals surface area contributed by atoms with E-state index in [2.05, 4.69) is 15.3 Å². The lowest BCUT2D eigenvalue weighted by Gasteiger charge is -2.10. The minimum atomic E-state index is 0.0802. The van der Waals surface area contributed by atoms with Gasteiger partial charge in [0.1, 0.15) is 17.2 Å². The van der Waals surface area contributed by atoms with Crippen LogP contribution in [0.2, 0.25) is 0 Å². The average Bonchev–Trinajstić information content (AvgIpc) is 3.06. The van der Waals surface area contributed by atoms with E-state index in [9.17, 15) is 0 Å². The molecular weight excluding hydrogens is 376 g/mol. The van der Waals surface area contributed by atoms with Crippen LogP contribution in [0, 0.1) is 4.77 Å². The summed E-state index contributed by atoms with van der Waals surface area (Å²) in [4.78, 5) is 0. The van der Waals surface area contributed by atoms with Crippen molar-refractivity contribution in [2.75, 3.05) is 14.2 Å². The number of benzene rings is 2. The van der Waals surface area contributed by atoms with Crippen LogP contribution in [-0.4, -0.2) is 41.4 Å². The summed E-state index contributed by atoms with van der Waals surface area (Å²) in [6, 6.07) is 13.1. The third-order valence-corrected chi connectivity index (χ3v) is 4.13. The van der Waals surface area contributed by atoms with E-state index in [0.717, 1.165) is 16.9 Å². The van der Waals surface area contributed by atoms with Gasteiger partial charge in [-0.2, -0.15) is 14.9 Å². The number of ether oxygens (including phenoxy) is 3. The molecule has 1 heterocycles. The van der Waals surface area contributed by atoms with Gasteiger partial charge < -0.3 is 14.2 Å². The van der Waals surface area contributed by atoms with Gasteiger partial charge in [0.25, 0.3) is 0 Å². The summed E-state index contributed by atoms with van der Waals surface area (Å²) in [5, 5.41) is 11.6. The maximum Gasteiger partial charge on any atom is 0.216 e. The second-order valence-corrected chi connectivity index (χ2v) is 6.60. The molecule has 1 aromatic heterocycles. The minimum absolute atomic E-state index is 0.0802. The topological polar surface area (TPSA) is 73.7 Å². The molecule has 0 aliphatic rings. The molecule has 0 atom stereocenters. The summed E-state index contributed by atoms with van der Waals surface area (Å²) in [5.74, 6) is 2.69. The van der Waals surface area contributed by atoms with Gasteiger partial charge in [0, 0.05) is 17.2 Å². The standard InChI is InChI=1S/C20H22N4O3S/c1-13(2)27-17-7-5-6-14(10-17)19-22-23-20(28)24(19)21-12-15-8-9-16(25-3)11-18(15)26-4/h5-13H,1-4H3,(H,23,28)/b21-12+. The van der Waals surface area contributed by atoms with Gasteiger partial charge in [-0.3, -0.25) is 0 Å². The predicted molar refractivity (Wildman–Crippen MR) is 111 cm³/mol. The highest BCUT2D eigenvalue weighted by atomic mass is 32.1. The lowest BCUT2D eigenvalue weighted by atomic mass is 10.2. The smallest absolute Gasteiger partial charge is 0.216 e. The SMILES string of the molecule is COc1ccc(/C=N/n2c(-c3cccc(OC(C)C)c3)n[nH]c2=S)c(OC)c1. The molecule has 146 valence electrons. The number of nitrogens with zero attached hydrogens (tertiary/aromatic N) is 3. The van der Waals surface area contributed by atoms with Gasteiger partial charge >= 0.3 is 0 Å². The number of methoxy groups -OCH3 is 2. The second-order valence-electron chi connectivity index (χ2n) is 6.21. The van der Waals surface area contributed by atoms with Crippen molar-refractivity contribution >= 4 is 18.4 Å². The molecule has 0 saturated heterocycles. The molecule has 0 radical (unpaired) electrons. The van der Waals surface area contributed by atoms with E-state index >= 15 is 0 Å². The molecule has 0 spiro atoms. The summed E-state index contributed by atoms with van der Waals surface area (Å²) < 4.78 is 18.3. The lowest BCUT2D eigenvalue weighted by molar-refractivity contribution is 0.242. The van der Waals surface area contributed by atoms with Crippen LogP contribution in [-0.2, 0) is 0 Å². The van der Waals surface area contributed by atoms with Crippen molar-refractivity contribution in [2.24, 2.45) is 5.10 Å². The summed E-state index contributed by atoms with van der Waals surface area (Å²) in [7, 11) is 3.21. The van der Waals surface area contributed by atoms with Crippen LogP contribution in [0.4, 0.5) is 0 Å². The number of nitrogens with one attached hydrogen (secondary N) is 1. The molecule has 0 unspecified atom stereocenters. The van der Waals surface area contributed by atoms with Gasteiger partial charge in [0.05, 0.1) is 26.5 Å². The maximum absolute atomic E-state index is 5.76. The third kappa shape index (κ3) is 4.40. The number of aromatic amines is 1. The van der Waals surface area contributed by atoms with E-state index in [1.165, 1.54) is 0 Å². The Morgan fingerprint density at radius 3 is 2.64 bits per heavy atom. The van der Waals surface area contributed by atoms with Crippen molar-refractivity contribution in [2.45, 2.75) is 20.0 Å². The summed E-state index contributed by atoms with van der Waals surface area (Å²) >= 11 is 5.34. The Bertz CT molecular complexity index is 1040. The molecule has 0 aliphatic carbocycles. The van der Waals surface area contributed by atoms with Crippen molar-refractivity contribution in [1.82, 2.24) is 14.9 Å². The molecular formula is C20H22N4O3S. The van der Waals surface area contributed by atoms with Gasteiger partial charge in [-0.05, 0) is 50.3 Å².